The number of piperazine rings is 1. The number of esters is 2. The van der Waals surface area contributed by atoms with E-state index in [4.69, 9.17) is 44.0 Å². The first-order valence-corrected chi connectivity index (χ1v) is 25.4. The Morgan fingerprint density at radius 1 is 0.733 bits per heavy atom. The Bertz CT molecular complexity index is 3240. The minimum atomic E-state index is -0.742. The van der Waals surface area contributed by atoms with Gasteiger partial charge in [0.15, 0.2) is 5.13 Å². The molecule has 12 N–H and O–H groups in total. The van der Waals surface area contributed by atoms with E-state index in [0.29, 0.717) is 44.6 Å². The second-order valence-corrected chi connectivity index (χ2v) is 19.6. The molecular weight excluding hydrogens is 990 g/mol. The summed E-state index contributed by atoms with van der Waals surface area (Å²) in [7, 11) is 0. The lowest BCUT2D eigenvalue weighted by Gasteiger charge is -2.38. The number of carbonyl (C=O) groups is 3. The topological polar surface area (TPSA) is 267 Å². The van der Waals surface area contributed by atoms with Crippen LogP contribution in [0.25, 0.3) is 21.5 Å². The van der Waals surface area contributed by atoms with E-state index in [-0.39, 0.29) is 32.0 Å². The maximum absolute atomic E-state index is 12.9. The van der Waals surface area contributed by atoms with E-state index >= 15 is 0 Å². The summed E-state index contributed by atoms with van der Waals surface area (Å²) in [6.07, 6.45) is 1.38. The molecule has 10 rings (SSSR count). The summed E-state index contributed by atoms with van der Waals surface area (Å²) in [4.78, 5) is 56.3. The monoisotopic (exact) mass is 1050 g/mol. The molecule has 20 heteroatoms. The third-order valence-corrected chi connectivity index (χ3v) is 13.6. The highest BCUT2D eigenvalue weighted by atomic mass is 35.5. The molecule has 0 aliphatic carbocycles. The van der Waals surface area contributed by atoms with Crippen LogP contribution in [-0.4, -0.2) is 89.3 Å². The Morgan fingerprint density at radius 3 is 2.01 bits per heavy atom. The summed E-state index contributed by atoms with van der Waals surface area (Å²) in [5, 5.41) is 17.9. The molecule has 1 amide bonds. The van der Waals surface area contributed by atoms with Crippen molar-refractivity contribution in [1.82, 2.24) is 19.9 Å². The smallest absolute Gasteiger partial charge is 0.306 e. The van der Waals surface area contributed by atoms with Crippen molar-refractivity contribution in [1.29, 1.82) is 0 Å². The van der Waals surface area contributed by atoms with Gasteiger partial charge in [0.1, 0.15) is 41.2 Å². The number of aryl methyl sites for hydroxylation is 2. The number of nitrogens with one attached hydrogen (secondary N) is 4. The van der Waals surface area contributed by atoms with Gasteiger partial charge in [-0.3, -0.25) is 19.3 Å². The van der Waals surface area contributed by atoms with Gasteiger partial charge >= 0.3 is 11.9 Å². The number of benzene rings is 6. The molecule has 8 aromatic rings. The number of rotatable bonds is 13. The predicted octanol–water partition coefficient (Wildman–Crippen LogP) is 9.45. The van der Waals surface area contributed by atoms with Crippen LogP contribution in [0.4, 0.5) is 56.6 Å². The molecule has 18 nitrogen and oxygen atoms in total. The number of aromatic nitrogens is 3. The average Bonchev–Trinajstić information content (AvgIpc) is 3.88. The largest absolute Gasteiger partial charge is 0.464 e. The van der Waals surface area contributed by atoms with Crippen LogP contribution < -0.4 is 49.1 Å². The molecule has 75 heavy (non-hydrogen) atoms. The van der Waals surface area contributed by atoms with Gasteiger partial charge in [-0.2, -0.15) is 0 Å². The van der Waals surface area contributed by atoms with Crippen LogP contribution in [0.15, 0.2) is 128 Å². The number of halogens is 1. The molecule has 6 aromatic carbocycles. The highest BCUT2D eigenvalue weighted by molar-refractivity contribution is 7.17. The Labute approximate surface area is 443 Å². The molecule has 2 aliphatic rings. The molecular formula is C55H60ClN13O5S. The first-order chi connectivity index (χ1) is 36.1. The predicted molar refractivity (Wildman–Crippen MR) is 304 cm³/mol. The quantitative estimate of drug-likeness (QED) is 0.0395. The Kier molecular flexibility index (Phi) is 17.0. The van der Waals surface area contributed by atoms with Crippen LogP contribution in [0.3, 0.4) is 0 Å². The number of thiazole rings is 1. The Morgan fingerprint density at radius 2 is 1.35 bits per heavy atom. The lowest BCUT2D eigenvalue weighted by Crippen LogP contribution is -2.49. The van der Waals surface area contributed by atoms with Crippen molar-refractivity contribution < 1.29 is 23.9 Å². The molecule has 388 valence electrons. The van der Waals surface area contributed by atoms with E-state index in [2.05, 4.69) is 46.0 Å². The maximum Gasteiger partial charge on any atom is 0.306 e. The second-order valence-electron chi connectivity index (χ2n) is 18.1. The number of para-hydroxylation sites is 2. The molecule has 0 spiro atoms. The van der Waals surface area contributed by atoms with E-state index in [0.717, 1.165) is 87.5 Å². The van der Waals surface area contributed by atoms with Crippen molar-refractivity contribution >= 4 is 119 Å². The second kappa shape index (κ2) is 24.1. The molecule has 0 bridgehead atoms. The van der Waals surface area contributed by atoms with Crippen molar-refractivity contribution in [3.63, 3.8) is 0 Å². The number of amides is 1. The molecule has 1 saturated heterocycles. The van der Waals surface area contributed by atoms with Gasteiger partial charge in [0, 0.05) is 94.5 Å². The zero-order valence-electron chi connectivity index (χ0n) is 41.9. The van der Waals surface area contributed by atoms with Gasteiger partial charge in [-0.1, -0.05) is 89.7 Å². The zero-order valence-corrected chi connectivity index (χ0v) is 43.4. The summed E-state index contributed by atoms with van der Waals surface area (Å²) in [5.74, 6) is 0.716. The summed E-state index contributed by atoms with van der Waals surface area (Å²) >= 11 is 7.49. The highest BCUT2D eigenvalue weighted by Gasteiger charge is 2.32. The van der Waals surface area contributed by atoms with Gasteiger partial charge in [-0.05, 0) is 74.9 Å². The number of nitrogens with two attached hydrogens (primary N) is 4. The summed E-state index contributed by atoms with van der Waals surface area (Å²) in [5.41, 5.74) is 28.6. The molecule has 0 saturated carbocycles. The van der Waals surface area contributed by atoms with Gasteiger partial charge in [0.2, 0.25) is 0 Å². The zero-order chi connectivity index (χ0) is 53.1. The van der Waals surface area contributed by atoms with E-state index in [1.54, 1.807) is 6.07 Å². The molecule has 4 heterocycles. The van der Waals surface area contributed by atoms with Gasteiger partial charge in [0.05, 0.1) is 29.7 Å². The minimum absolute atomic E-state index is 0.0535. The Hall–Kier alpha value is -8.39. The molecule has 0 radical (unpaired) electrons. The van der Waals surface area contributed by atoms with Gasteiger partial charge < -0.3 is 58.6 Å². The van der Waals surface area contributed by atoms with E-state index < -0.39 is 17.6 Å². The summed E-state index contributed by atoms with van der Waals surface area (Å²) in [6.45, 7) is 9.40. The lowest BCUT2D eigenvalue weighted by atomic mass is 9.99. The molecule has 2 aromatic heterocycles. The average molecular weight is 1050 g/mol. The number of anilines is 10. The maximum atomic E-state index is 12.9. The fourth-order valence-corrected chi connectivity index (χ4v) is 9.47. The number of nitrogen functional groups attached to an aromatic ring is 4. The molecule has 1 fully saturated rings. The van der Waals surface area contributed by atoms with Gasteiger partial charge in [-0.25, -0.2) is 15.0 Å². The lowest BCUT2D eigenvalue weighted by molar-refractivity contribution is -0.151. The van der Waals surface area contributed by atoms with Crippen molar-refractivity contribution in [2.45, 2.75) is 39.3 Å². The highest BCUT2D eigenvalue weighted by Crippen LogP contribution is 2.40. The van der Waals surface area contributed by atoms with Crippen molar-refractivity contribution in [3.8, 4) is 0 Å². The van der Waals surface area contributed by atoms with Crippen molar-refractivity contribution in [2.24, 2.45) is 0 Å². The van der Waals surface area contributed by atoms with Gasteiger partial charge in [0.25, 0.3) is 5.91 Å². The van der Waals surface area contributed by atoms with Crippen LogP contribution in [0.2, 0.25) is 5.02 Å². The van der Waals surface area contributed by atoms with E-state index in [9.17, 15) is 14.4 Å². The fraction of sp³-hybridized carbons (Fsp3) is 0.236. The molecule has 2 aliphatic heterocycles. The number of hydrogen-bond donors (Lipinski definition) is 8. The number of ether oxygens (including phenoxy) is 2. The number of carbonyl (C=O) groups excluding carboxylic acids is 3. The van der Waals surface area contributed by atoms with Crippen LogP contribution in [-0.2, 0) is 19.1 Å². The van der Waals surface area contributed by atoms with Crippen LogP contribution >= 0.6 is 22.9 Å². The first kappa shape index (κ1) is 52.9. The van der Waals surface area contributed by atoms with Gasteiger partial charge in [-0.15, -0.1) is 0 Å². The van der Waals surface area contributed by atoms with Crippen molar-refractivity contribution in [2.75, 3.05) is 95.0 Å². The normalized spacial score (nSPS) is 14.7. The third-order valence-electron chi connectivity index (χ3n) is 12.4. The Balaban J connectivity index is 0.000000325. The summed E-state index contributed by atoms with van der Waals surface area (Å²) < 4.78 is 11.0. The fourth-order valence-electron chi connectivity index (χ4n) is 8.49. The standard InChI is InChI=1S/C39H43ClN10O5S.C10H10N2.C6H7N/c1-23-6-4-8-26(40)36(23)46-37(53)30-21-42-38(56-30)45-31-20-32(44-24(2)43-31)50-16-14-49(15-17-50)18-19-54-33(51)12-13-34(52)55-22-39(3)47-28-9-5-7-25-27(41)10-11-29(48-39)35(25)28;11-9-5-6-10(12)8-4-2-1-3-7(8)9;7-6-4-2-1-3-5-6/h4-11,20-21,47-48H,12-19,22,41H2,1-3H3,(H,46,53)(H,42,43,44,45);1-6H,11-12H2;1-5H,7H2. The molecule has 1 unspecified atom stereocenters. The number of nitrogens with zero attached hydrogens (tertiary/aromatic N) is 5. The van der Waals surface area contributed by atoms with Crippen molar-refractivity contribution in [3.05, 3.63) is 149 Å². The third kappa shape index (κ3) is 13.8. The number of fused-ring (bicyclic) bond motifs is 1. The SMILES string of the molecule is Cc1nc(Nc2ncc(C(=O)Nc3c(C)cccc3Cl)s2)cc(N2CCN(CCOC(=O)CCC(=O)OCC3(C)Nc4cccc5c(N)ccc(c45)N3)CC2)n1.Nc1ccc(N)c2ccccc12.Nc1ccccc1. The first-order valence-electron chi connectivity index (χ1n) is 24.3. The van der Waals surface area contributed by atoms with Crippen LogP contribution in [0.1, 0.15) is 40.8 Å². The summed E-state index contributed by atoms with van der Waals surface area (Å²) in [6, 6.07) is 37.9. The van der Waals surface area contributed by atoms with Crippen LogP contribution in [0, 0.1) is 13.8 Å². The van der Waals surface area contributed by atoms with E-state index in [1.807, 2.05) is 136 Å². The van der Waals surface area contributed by atoms with Crippen LogP contribution in [0.5, 0.6) is 0 Å². The number of hydrogen-bond acceptors (Lipinski definition) is 18. The molecule has 1 atom stereocenters. The minimum Gasteiger partial charge on any atom is -0.464 e. The van der Waals surface area contributed by atoms with E-state index in [1.165, 1.54) is 17.5 Å².